The molecule has 0 heterocycles. The molecule has 126 valence electrons. The van der Waals surface area contributed by atoms with Crippen LogP contribution in [0, 0.1) is 6.92 Å². The van der Waals surface area contributed by atoms with E-state index in [1.54, 1.807) is 37.3 Å². The fourth-order valence-electron chi connectivity index (χ4n) is 2.20. The van der Waals surface area contributed by atoms with Gasteiger partial charge >= 0.3 is 0 Å². The monoisotopic (exact) mass is 345 g/mol. The van der Waals surface area contributed by atoms with Crippen molar-refractivity contribution in [3.8, 4) is 5.75 Å². The van der Waals surface area contributed by atoms with Crippen molar-refractivity contribution in [1.82, 2.24) is 0 Å². The van der Waals surface area contributed by atoms with Gasteiger partial charge in [-0.1, -0.05) is 24.8 Å². The Bertz CT molecular complexity index is 870. The third kappa shape index (κ3) is 3.33. The minimum atomic E-state index is -4.07. The van der Waals surface area contributed by atoms with Gasteiger partial charge in [-0.15, -0.1) is 0 Å². The summed E-state index contributed by atoms with van der Waals surface area (Å²) >= 11 is 0. The normalized spacial score (nSPS) is 11.0. The molecule has 0 aromatic heterocycles. The number of hydrogen-bond acceptors (Lipinski definition) is 4. The molecule has 2 aromatic rings. The van der Waals surface area contributed by atoms with Crippen molar-refractivity contribution in [2.45, 2.75) is 18.7 Å². The summed E-state index contributed by atoms with van der Waals surface area (Å²) in [6, 6.07) is 12.8. The van der Waals surface area contributed by atoms with E-state index >= 15 is 0 Å². The maximum absolute atomic E-state index is 13.1. The number of amides is 1. The first-order valence-corrected chi connectivity index (χ1v) is 8.68. The molecule has 1 amide bonds. The molecule has 0 spiro atoms. The van der Waals surface area contributed by atoms with Crippen molar-refractivity contribution in [3.05, 3.63) is 66.2 Å². The Morgan fingerprint density at radius 3 is 2.17 bits per heavy atom. The highest BCUT2D eigenvalue weighted by Gasteiger charge is 2.32. The average molecular weight is 345 g/mol. The predicted molar refractivity (Wildman–Crippen MR) is 93.7 cm³/mol. The highest BCUT2D eigenvalue weighted by molar-refractivity contribution is 7.93. The van der Waals surface area contributed by atoms with Crippen molar-refractivity contribution in [2.24, 2.45) is 0 Å². The summed E-state index contributed by atoms with van der Waals surface area (Å²) in [6.07, 6.45) is 0. The van der Waals surface area contributed by atoms with Gasteiger partial charge in [0.05, 0.1) is 17.7 Å². The molecule has 0 saturated carbocycles. The Labute approximate surface area is 142 Å². The minimum Gasteiger partial charge on any atom is -0.497 e. The maximum atomic E-state index is 13.1. The Kier molecular flexibility index (Phi) is 5.09. The minimum absolute atomic E-state index is 0.0791. The first-order valence-electron chi connectivity index (χ1n) is 7.24. The maximum Gasteiger partial charge on any atom is 0.271 e. The van der Waals surface area contributed by atoms with Gasteiger partial charge in [0.1, 0.15) is 5.75 Å². The van der Waals surface area contributed by atoms with Crippen LogP contribution >= 0.6 is 0 Å². The second-order valence-corrected chi connectivity index (χ2v) is 7.07. The summed E-state index contributed by atoms with van der Waals surface area (Å²) in [5.41, 5.74) is 0.917. The van der Waals surface area contributed by atoms with Crippen LogP contribution in [0.2, 0.25) is 0 Å². The van der Waals surface area contributed by atoms with E-state index in [1.165, 1.54) is 32.2 Å². The third-order valence-corrected chi connectivity index (χ3v) is 5.34. The Balaban J connectivity index is 2.64. The molecule has 0 N–H and O–H groups in total. The lowest BCUT2D eigenvalue weighted by atomic mass is 10.2. The van der Waals surface area contributed by atoms with Crippen LogP contribution in [0.4, 0.5) is 5.69 Å². The van der Waals surface area contributed by atoms with Gasteiger partial charge in [-0.25, -0.2) is 8.42 Å². The first kappa shape index (κ1) is 17.7. The van der Waals surface area contributed by atoms with Gasteiger partial charge in [0.25, 0.3) is 15.9 Å². The number of sulfonamides is 1. The van der Waals surface area contributed by atoms with Crippen molar-refractivity contribution in [1.29, 1.82) is 0 Å². The lowest BCUT2D eigenvalue weighted by Crippen LogP contribution is -2.37. The van der Waals surface area contributed by atoms with E-state index in [9.17, 15) is 13.2 Å². The number of ether oxygens (including phenoxy) is 1. The third-order valence-electron chi connectivity index (χ3n) is 3.47. The van der Waals surface area contributed by atoms with Crippen molar-refractivity contribution < 1.29 is 17.9 Å². The fourth-order valence-corrected chi connectivity index (χ4v) is 3.90. The van der Waals surface area contributed by atoms with Crippen LogP contribution in [0.15, 0.2) is 65.6 Å². The Hall–Kier alpha value is -2.60. The van der Waals surface area contributed by atoms with Crippen LogP contribution in [0.1, 0.15) is 12.5 Å². The van der Waals surface area contributed by atoms with E-state index in [1.807, 2.05) is 0 Å². The van der Waals surface area contributed by atoms with Gasteiger partial charge in [-0.2, -0.15) is 4.31 Å². The quantitative estimate of drug-likeness (QED) is 0.780. The van der Waals surface area contributed by atoms with E-state index in [0.717, 1.165) is 4.31 Å². The van der Waals surface area contributed by atoms with E-state index < -0.39 is 15.9 Å². The molecule has 0 bridgehead atoms. The van der Waals surface area contributed by atoms with Gasteiger partial charge in [0.15, 0.2) is 0 Å². The molecule has 2 aromatic carbocycles. The van der Waals surface area contributed by atoms with Crippen LogP contribution in [-0.4, -0.2) is 21.4 Å². The lowest BCUT2D eigenvalue weighted by molar-refractivity contribution is -0.113. The molecule has 0 aliphatic carbocycles. The molecule has 5 nitrogen and oxygen atoms in total. The zero-order valence-electron chi connectivity index (χ0n) is 13.8. The first-order chi connectivity index (χ1) is 11.3. The number of rotatable bonds is 5. The molecule has 0 atom stereocenters. The van der Waals surface area contributed by atoms with Crippen LogP contribution < -0.4 is 9.04 Å². The topological polar surface area (TPSA) is 63.7 Å². The number of nitrogens with zero attached hydrogens (tertiary/aromatic N) is 1. The smallest absolute Gasteiger partial charge is 0.271 e. The Morgan fingerprint density at radius 1 is 1.08 bits per heavy atom. The molecule has 24 heavy (non-hydrogen) atoms. The second-order valence-electron chi connectivity index (χ2n) is 5.32. The molecular formula is C18H19NO4S. The number of methoxy groups -OCH3 is 1. The molecular weight excluding hydrogens is 326 g/mol. The van der Waals surface area contributed by atoms with E-state index in [-0.39, 0.29) is 16.2 Å². The predicted octanol–water partition coefficient (Wildman–Crippen LogP) is 3.30. The van der Waals surface area contributed by atoms with Crippen molar-refractivity contribution in [3.63, 3.8) is 0 Å². The van der Waals surface area contributed by atoms with Gasteiger partial charge in [-0.05, 0) is 49.7 Å². The Morgan fingerprint density at radius 2 is 1.67 bits per heavy atom. The standard InChI is InChI=1S/C18H19NO4S/c1-13(2)18(20)19(15-9-11-16(23-4)12-10-15)24(21,22)17-8-6-5-7-14(17)3/h5-12H,1H2,2-4H3. The summed E-state index contributed by atoms with van der Waals surface area (Å²) in [7, 11) is -2.56. The average Bonchev–Trinajstić information content (AvgIpc) is 2.55. The van der Waals surface area contributed by atoms with Crippen LogP contribution in [-0.2, 0) is 14.8 Å². The van der Waals surface area contributed by atoms with Crippen LogP contribution in [0.5, 0.6) is 5.75 Å². The highest BCUT2D eigenvalue weighted by Crippen LogP contribution is 2.28. The number of hydrogen-bond donors (Lipinski definition) is 0. The fraction of sp³-hybridized carbons (Fsp3) is 0.167. The molecule has 0 saturated heterocycles. The highest BCUT2D eigenvalue weighted by atomic mass is 32.2. The number of carbonyl (C=O) groups excluding carboxylic acids is 1. The SMILES string of the molecule is C=C(C)C(=O)N(c1ccc(OC)cc1)S(=O)(=O)c1ccccc1C. The summed E-state index contributed by atoms with van der Waals surface area (Å²) < 4.78 is 32.0. The van der Waals surface area contributed by atoms with Crippen molar-refractivity contribution in [2.75, 3.05) is 11.4 Å². The number of aryl methyl sites for hydroxylation is 1. The zero-order valence-corrected chi connectivity index (χ0v) is 14.6. The molecule has 0 aliphatic heterocycles. The van der Waals surface area contributed by atoms with Gasteiger partial charge in [-0.3, -0.25) is 4.79 Å². The number of benzene rings is 2. The van der Waals surface area contributed by atoms with E-state index in [4.69, 9.17) is 4.74 Å². The van der Waals surface area contributed by atoms with E-state index in [2.05, 4.69) is 6.58 Å². The van der Waals surface area contributed by atoms with Crippen LogP contribution in [0.25, 0.3) is 0 Å². The molecule has 2 rings (SSSR count). The summed E-state index contributed by atoms with van der Waals surface area (Å²) in [4.78, 5) is 12.6. The summed E-state index contributed by atoms with van der Waals surface area (Å²) in [5, 5.41) is 0. The molecule has 0 unspecified atom stereocenters. The second kappa shape index (κ2) is 6.88. The largest absolute Gasteiger partial charge is 0.497 e. The van der Waals surface area contributed by atoms with Crippen molar-refractivity contribution >= 4 is 21.6 Å². The number of anilines is 1. The molecule has 0 aliphatic rings. The van der Waals surface area contributed by atoms with Gasteiger partial charge in [0.2, 0.25) is 0 Å². The molecule has 0 fully saturated rings. The van der Waals surface area contributed by atoms with Gasteiger partial charge in [0, 0.05) is 5.57 Å². The van der Waals surface area contributed by atoms with Crippen LogP contribution in [0.3, 0.4) is 0 Å². The zero-order chi connectivity index (χ0) is 17.9. The molecule has 0 radical (unpaired) electrons. The summed E-state index contributed by atoms with van der Waals surface area (Å²) in [6.45, 7) is 6.75. The lowest BCUT2D eigenvalue weighted by Gasteiger charge is -2.23. The van der Waals surface area contributed by atoms with E-state index in [0.29, 0.717) is 11.3 Å². The van der Waals surface area contributed by atoms with Gasteiger partial charge < -0.3 is 4.74 Å². The summed E-state index contributed by atoms with van der Waals surface area (Å²) in [5.74, 6) is -0.113. The number of carbonyl (C=O) groups is 1. The molecule has 6 heteroatoms.